The third kappa shape index (κ3) is 5.77. The zero-order valence-corrected chi connectivity index (χ0v) is 9.63. The van der Waals surface area contributed by atoms with Gasteiger partial charge in [0, 0.05) is 0 Å². The summed E-state index contributed by atoms with van der Waals surface area (Å²) in [6, 6.07) is 0.227. The molecule has 1 aliphatic heterocycles. The number of nitrogens with two attached hydrogens (primary N) is 1. The molecule has 0 aromatic heterocycles. The summed E-state index contributed by atoms with van der Waals surface area (Å²) in [6.07, 6.45) is 2.24. The Morgan fingerprint density at radius 1 is 1.38 bits per heavy atom. The fourth-order valence-corrected chi connectivity index (χ4v) is 1.42. The van der Waals surface area contributed by atoms with Crippen LogP contribution in [0.4, 0.5) is 0 Å². The molecule has 13 heavy (non-hydrogen) atoms. The highest BCUT2D eigenvalue weighted by atomic mass is 16.1. The van der Waals surface area contributed by atoms with Crippen LogP contribution in [-0.2, 0) is 4.79 Å². The van der Waals surface area contributed by atoms with Crippen molar-refractivity contribution < 1.29 is 4.79 Å². The molecule has 1 heterocycles. The van der Waals surface area contributed by atoms with Crippen LogP contribution in [0.5, 0.6) is 0 Å². The second-order valence-corrected chi connectivity index (χ2v) is 2.75. The van der Waals surface area contributed by atoms with Crippen molar-refractivity contribution in [2.24, 2.45) is 5.73 Å². The number of ketones is 1. The highest BCUT2D eigenvalue weighted by Gasteiger charge is 2.23. The molecule has 0 radical (unpaired) electrons. The van der Waals surface area contributed by atoms with Gasteiger partial charge in [-0.15, -0.1) is 0 Å². The second kappa shape index (κ2) is 9.68. The summed E-state index contributed by atoms with van der Waals surface area (Å²) in [4.78, 5) is 12.9. The average molecular weight is 188 g/mol. The highest BCUT2D eigenvalue weighted by Crippen LogP contribution is 2.14. The summed E-state index contributed by atoms with van der Waals surface area (Å²) < 4.78 is 0. The van der Waals surface area contributed by atoms with Crippen LogP contribution in [0.15, 0.2) is 0 Å². The fraction of sp³-hybridized carbons (Fsp3) is 0.900. The zero-order valence-electron chi connectivity index (χ0n) is 9.63. The molecule has 3 heteroatoms. The van der Waals surface area contributed by atoms with Gasteiger partial charge < -0.3 is 5.73 Å². The van der Waals surface area contributed by atoms with Crippen molar-refractivity contribution >= 4 is 5.78 Å². The van der Waals surface area contributed by atoms with E-state index in [0.717, 1.165) is 13.0 Å². The number of carbonyl (C=O) groups is 1. The first-order chi connectivity index (χ1) is 6.22. The lowest BCUT2D eigenvalue weighted by Crippen LogP contribution is -2.30. The second-order valence-electron chi connectivity index (χ2n) is 2.75. The summed E-state index contributed by atoms with van der Waals surface area (Å²) >= 11 is 0. The first-order valence-electron chi connectivity index (χ1n) is 5.00. The summed E-state index contributed by atoms with van der Waals surface area (Å²) in [5, 5.41) is 0. The van der Waals surface area contributed by atoms with Crippen LogP contribution in [-0.4, -0.2) is 37.4 Å². The molecule has 2 N–H and O–H groups in total. The van der Waals surface area contributed by atoms with Crippen LogP contribution >= 0.6 is 0 Å². The van der Waals surface area contributed by atoms with Crippen LogP contribution < -0.4 is 5.73 Å². The van der Waals surface area contributed by atoms with E-state index in [1.165, 1.54) is 13.5 Å². The minimum Gasteiger partial charge on any atom is -0.333 e. The number of likely N-dealkylation sites (N-methyl/N-ethyl adjacent to an activating group) is 1. The molecule has 0 saturated carbocycles. The monoisotopic (exact) mass is 188 g/mol. The van der Waals surface area contributed by atoms with Crippen molar-refractivity contribution in [3.05, 3.63) is 0 Å². The third-order valence-corrected chi connectivity index (χ3v) is 1.99. The molecule has 3 nitrogen and oxygen atoms in total. The van der Waals surface area contributed by atoms with E-state index in [-0.39, 0.29) is 6.04 Å². The smallest absolute Gasteiger partial charge is 0.146 e. The lowest BCUT2D eigenvalue weighted by molar-refractivity contribution is -0.120. The summed E-state index contributed by atoms with van der Waals surface area (Å²) in [6.45, 7) is 6.76. The van der Waals surface area contributed by atoms with Gasteiger partial charge >= 0.3 is 0 Å². The topological polar surface area (TPSA) is 46.3 Å². The molecule has 0 spiro atoms. The Balaban J connectivity index is 0. The lowest BCUT2D eigenvalue weighted by Gasteiger charge is -2.14. The number of hydrogen-bond acceptors (Lipinski definition) is 3. The highest BCUT2D eigenvalue weighted by molar-refractivity contribution is 5.81. The van der Waals surface area contributed by atoms with Gasteiger partial charge in [0.1, 0.15) is 5.78 Å². The molecule has 0 aliphatic carbocycles. The molecule has 1 fully saturated rings. The van der Waals surface area contributed by atoms with Gasteiger partial charge in [-0.1, -0.05) is 13.8 Å². The maximum Gasteiger partial charge on any atom is 0.146 e. The molecule has 0 bridgehead atoms. The largest absolute Gasteiger partial charge is 0.333 e. The van der Waals surface area contributed by atoms with Gasteiger partial charge in [-0.25, -0.2) is 0 Å². The Morgan fingerprint density at radius 3 is 2.00 bits per heavy atom. The summed E-state index contributed by atoms with van der Waals surface area (Å²) in [5.74, 6) is 0.315. The standard InChI is InChI=1S/C7H13NO.C2H6.CH5N/c1-6(9)7-4-3-5-8(7)2;2*1-2/h7H,3-5H2,1-2H3;1-2H3;2H2,1H3. The van der Waals surface area contributed by atoms with Gasteiger partial charge in [0.2, 0.25) is 0 Å². The first kappa shape index (κ1) is 15.1. The molecular formula is C10H24N2O. The molecule has 1 rings (SSSR count). The SMILES string of the molecule is CC.CC(=O)C1CCCN1C.CN. The van der Waals surface area contributed by atoms with Gasteiger partial charge in [-0.05, 0) is 40.4 Å². The van der Waals surface area contributed by atoms with E-state index in [2.05, 4.69) is 10.6 Å². The molecule has 0 amide bonds. The molecule has 1 saturated heterocycles. The van der Waals surface area contributed by atoms with Crippen molar-refractivity contribution in [1.82, 2.24) is 4.90 Å². The number of nitrogens with zero attached hydrogens (tertiary/aromatic N) is 1. The van der Waals surface area contributed by atoms with Crippen molar-refractivity contribution in [2.45, 2.75) is 39.7 Å². The van der Waals surface area contributed by atoms with Gasteiger partial charge in [0.05, 0.1) is 6.04 Å². The third-order valence-electron chi connectivity index (χ3n) is 1.99. The van der Waals surface area contributed by atoms with Gasteiger partial charge in [0.25, 0.3) is 0 Å². The first-order valence-corrected chi connectivity index (χ1v) is 5.00. The van der Waals surface area contributed by atoms with Crippen LogP contribution in [0.3, 0.4) is 0 Å². The minimum absolute atomic E-state index is 0.227. The Morgan fingerprint density at radius 2 is 1.85 bits per heavy atom. The maximum atomic E-state index is 10.8. The van der Waals surface area contributed by atoms with E-state index in [1.54, 1.807) is 6.92 Å². The molecule has 0 aromatic carbocycles. The predicted octanol–water partition coefficient (Wildman–Crippen LogP) is 1.27. The minimum atomic E-state index is 0.227. The summed E-state index contributed by atoms with van der Waals surface area (Å²) in [5.41, 5.74) is 4.50. The molecule has 1 unspecified atom stereocenters. The maximum absolute atomic E-state index is 10.8. The van der Waals surface area contributed by atoms with E-state index >= 15 is 0 Å². The van der Waals surface area contributed by atoms with Crippen LogP contribution in [0.2, 0.25) is 0 Å². The van der Waals surface area contributed by atoms with Crippen molar-refractivity contribution in [3.8, 4) is 0 Å². The van der Waals surface area contributed by atoms with Gasteiger partial charge in [-0.2, -0.15) is 0 Å². The molecular weight excluding hydrogens is 164 g/mol. The van der Waals surface area contributed by atoms with Crippen molar-refractivity contribution in [1.29, 1.82) is 0 Å². The number of likely N-dealkylation sites (tertiary alicyclic amines) is 1. The number of rotatable bonds is 1. The van der Waals surface area contributed by atoms with E-state index in [4.69, 9.17) is 0 Å². The van der Waals surface area contributed by atoms with Crippen LogP contribution in [0, 0.1) is 0 Å². The Bertz CT molecular complexity index is 126. The van der Waals surface area contributed by atoms with Crippen molar-refractivity contribution in [3.63, 3.8) is 0 Å². The average Bonchev–Trinajstić information content (AvgIpc) is 2.58. The summed E-state index contributed by atoms with van der Waals surface area (Å²) in [7, 11) is 3.51. The van der Waals surface area contributed by atoms with E-state index in [0.29, 0.717) is 5.78 Å². The van der Waals surface area contributed by atoms with E-state index in [9.17, 15) is 4.79 Å². The van der Waals surface area contributed by atoms with Crippen LogP contribution in [0.25, 0.3) is 0 Å². The molecule has 0 aromatic rings. The number of carbonyl (C=O) groups excluding carboxylic acids is 1. The predicted molar refractivity (Wildman–Crippen MR) is 57.8 cm³/mol. The van der Waals surface area contributed by atoms with E-state index in [1.807, 2.05) is 20.9 Å². The van der Waals surface area contributed by atoms with Gasteiger partial charge in [0.15, 0.2) is 0 Å². The van der Waals surface area contributed by atoms with Crippen molar-refractivity contribution in [2.75, 3.05) is 20.6 Å². The molecule has 1 atom stereocenters. The quantitative estimate of drug-likeness (QED) is 0.674. The zero-order chi connectivity index (χ0) is 10.9. The molecule has 1 aliphatic rings. The fourth-order valence-electron chi connectivity index (χ4n) is 1.42. The molecule has 80 valence electrons. The van der Waals surface area contributed by atoms with Crippen LogP contribution in [0.1, 0.15) is 33.6 Å². The Kier molecular flexibility index (Phi) is 11.2. The lowest BCUT2D eigenvalue weighted by atomic mass is 10.1. The Labute approximate surface area is 82.3 Å². The van der Waals surface area contributed by atoms with E-state index < -0.39 is 0 Å². The number of Topliss-reactive ketones (excluding diaryl/α,β-unsaturated/α-hetero) is 1. The van der Waals surface area contributed by atoms with Gasteiger partial charge in [-0.3, -0.25) is 9.69 Å². The number of hydrogen-bond donors (Lipinski definition) is 1. The normalized spacial score (nSPS) is 20.9. The Hall–Kier alpha value is -0.410.